The van der Waals surface area contributed by atoms with Gasteiger partial charge in [-0.05, 0) is 80.5 Å². The number of nitrogens with one attached hydrogen (secondary N) is 3. The van der Waals surface area contributed by atoms with E-state index >= 15 is 0 Å². The molecule has 1 aliphatic heterocycles. The van der Waals surface area contributed by atoms with Crippen molar-refractivity contribution in [3.63, 3.8) is 0 Å². The van der Waals surface area contributed by atoms with Crippen LogP contribution >= 0.6 is 0 Å². The van der Waals surface area contributed by atoms with Crippen molar-refractivity contribution in [2.75, 3.05) is 48.0 Å². The Morgan fingerprint density at radius 3 is 2.44 bits per heavy atom. The molecular formula is C35H37N7O3. The summed E-state index contributed by atoms with van der Waals surface area (Å²) in [4.78, 5) is 49.4. The van der Waals surface area contributed by atoms with Crippen LogP contribution in [0.1, 0.15) is 24.8 Å². The third kappa shape index (κ3) is 9.07. The highest BCUT2D eigenvalue weighted by Gasteiger charge is 2.21. The maximum absolute atomic E-state index is 12.7. The summed E-state index contributed by atoms with van der Waals surface area (Å²) in [5, 5.41) is 9.00. The van der Waals surface area contributed by atoms with Crippen LogP contribution in [0.15, 0.2) is 97.5 Å². The van der Waals surface area contributed by atoms with E-state index in [1.54, 1.807) is 30.7 Å². The Morgan fingerprint density at radius 2 is 1.71 bits per heavy atom. The Bertz CT molecular complexity index is 1670. The van der Waals surface area contributed by atoms with E-state index in [1.165, 1.54) is 6.08 Å². The Morgan fingerprint density at radius 1 is 0.911 bits per heavy atom. The average Bonchev–Trinajstić information content (AvgIpc) is 3.46. The zero-order valence-electron chi connectivity index (χ0n) is 25.5. The fourth-order valence-electron chi connectivity index (χ4n) is 4.96. The molecule has 1 fully saturated rings. The molecule has 1 aliphatic rings. The number of likely N-dealkylation sites (N-methyl/N-ethyl adjacent to an activating group) is 1. The molecule has 0 saturated carbocycles. The van der Waals surface area contributed by atoms with Gasteiger partial charge in [-0.3, -0.25) is 19.4 Å². The highest BCUT2D eigenvalue weighted by Crippen LogP contribution is 2.27. The summed E-state index contributed by atoms with van der Waals surface area (Å²) in [6.07, 6.45) is 10.7. The van der Waals surface area contributed by atoms with Crippen molar-refractivity contribution in [3.05, 3.63) is 103 Å². The van der Waals surface area contributed by atoms with E-state index in [-0.39, 0.29) is 24.1 Å². The summed E-state index contributed by atoms with van der Waals surface area (Å²) in [7, 11) is 3.87. The number of pyridine rings is 2. The number of hydrogen-bond acceptors (Lipinski definition) is 7. The van der Waals surface area contributed by atoms with Crippen LogP contribution in [0.3, 0.4) is 0 Å². The minimum atomic E-state index is -0.193. The van der Waals surface area contributed by atoms with Crippen molar-refractivity contribution in [1.29, 1.82) is 0 Å². The van der Waals surface area contributed by atoms with Gasteiger partial charge in [-0.25, -0.2) is 4.98 Å². The van der Waals surface area contributed by atoms with Crippen molar-refractivity contribution >= 4 is 46.3 Å². The van der Waals surface area contributed by atoms with Gasteiger partial charge in [0.1, 0.15) is 5.82 Å². The molecule has 0 radical (unpaired) electrons. The SMILES string of the molecule is CN(C)C/C=C/C(=O)Nc1cccc(CCC(=O)Nc2cncc(Nc3ccc(-c4ccc(N5CCCC5=O)cc4)cn3)c2)c1. The molecule has 230 valence electrons. The van der Waals surface area contributed by atoms with E-state index in [0.29, 0.717) is 42.3 Å². The van der Waals surface area contributed by atoms with Crippen LogP contribution in [0.4, 0.5) is 28.6 Å². The van der Waals surface area contributed by atoms with Crippen molar-refractivity contribution in [2.24, 2.45) is 0 Å². The second-order valence-electron chi connectivity index (χ2n) is 11.1. The van der Waals surface area contributed by atoms with Gasteiger partial charge in [0, 0.05) is 55.1 Å². The monoisotopic (exact) mass is 603 g/mol. The van der Waals surface area contributed by atoms with Crippen LogP contribution in [0.5, 0.6) is 0 Å². The lowest BCUT2D eigenvalue weighted by Crippen LogP contribution is -2.23. The van der Waals surface area contributed by atoms with Crippen LogP contribution in [-0.4, -0.2) is 59.8 Å². The van der Waals surface area contributed by atoms with Gasteiger partial charge in [-0.15, -0.1) is 0 Å². The number of anilines is 5. The first-order valence-corrected chi connectivity index (χ1v) is 14.9. The van der Waals surface area contributed by atoms with Crippen LogP contribution in [-0.2, 0) is 20.8 Å². The standard InChI is InChI=1S/C35H37N7O3/c1-41(2)18-4-8-33(43)39-28-7-3-6-25(20-28)10-17-34(44)40-30-21-29(23-36-24-30)38-32-16-13-27(22-37-32)26-11-14-31(15-12-26)42-19-5-9-35(42)45/h3-4,6-8,11-16,20-24H,5,9-10,17-19H2,1-2H3,(H,37,38)(H,39,43)(H,40,44)/b8-4+. The third-order valence-electron chi connectivity index (χ3n) is 7.22. The highest BCUT2D eigenvalue weighted by atomic mass is 16.2. The first-order valence-electron chi connectivity index (χ1n) is 14.9. The number of aromatic nitrogens is 2. The number of benzene rings is 2. The quantitative estimate of drug-likeness (QED) is 0.179. The van der Waals surface area contributed by atoms with Crippen LogP contribution in [0.2, 0.25) is 0 Å². The molecule has 10 nitrogen and oxygen atoms in total. The Labute approximate surface area is 263 Å². The molecule has 10 heteroatoms. The summed E-state index contributed by atoms with van der Waals surface area (Å²) >= 11 is 0. The summed E-state index contributed by atoms with van der Waals surface area (Å²) in [6.45, 7) is 1.45. The van der Waals surface area contributed by atoms with E-state index < -0.39 is 0 Å². The van der Waals surface area contributed by atoms with Gasteiger partial charge >= 0.3 is 0 Å². The molecule has 45 heavy (non-hydrogen) atoms. The highest BCUT2D eigenvalue weighted by molar-refractivity contribution is 5.99. The number of nitrogens with zero attached hydrogens (tertiary/aromatic N) is 4. The number of carbonyl (C=O) groups is 3. The summed E-state index contributed by atoms with van der Waals surface area (Å²) in [5.74, 6) is 0.481. The molecule has 0 bridgehead atoms. The first kappa shape index (κ1) is 31.1. The molecule has 5 rings (SSSR count). The average molecular weight is 604 g/mol. The predicted molar refractivity (Wildman–Crippen MR) is 178 cm³/mol. The molecule has 2 aromatic heterocycles. The minimum absolute atomic E-state index is 0.141. The van der Waals surface area contributed by atoms with Gasteiger partial charge in [0.25, 0.3) is 0 Å². The van der Waals surface area contributed by atoms with Crippen molar-refractivity contribution in [2.45, 2.75) is 25.7 Å². The number of aryl methyl sites for hydroxylation is 1. The van der Waals surface area contributed by atoms with Crippen LogP contribution < -0.4 is 20.9 Å². The molecule has 0 unspecified atom stereocenters. The topological polar surface area (TPSA) is 120 Å². The predicted octanol–water partition coefficient (Wildman–Crippen LogP) is 5.64. The zero-order chi connectivity index (χ0) is 31.6. The fraction of sp³-hybridized carbons (Fsp3) is 0.229. The normalized spacial score (nSPS) is 13.0. The van der Waals surface area contributed by atoms with Crippen LogP contribution in [0, 0.1) is 0 Å². The van der Waals surface area contributed by atoms with Gasteiger partial charge in [-0.1, -0.05) is 30.3 Å². The summed E-state index contributed by atoms with van der Waals surface area (Å²) in [6, 6.07) is 21.1. The van der Waals surface area contributed by atoms with Gasteiger partial charge < -0.3 is 25.8 Å². The minimum Gasteiger partial charge on any atom is -0.339 e. The lowest BCUT2D eigenvalue weighted by molar-refractivity contribution is -0.117. The van der Waals surface area contributed by atoms with E-state index in [4.69, 9.17) is 0 Å². The van der Waals surface area contributed by atoms with Crippen molar-refractivity contribution in [1.82, 2.24) is 14.9 Å². The van der Waals surface area contributed by atoms with E-state index in [2.05, 4.69) is 25.9 Å². The Hall–Kier alpha value is -5.35. The number of rotatable bonds is 12. The smallest absolute Gasteiger partial charge is 0.248 e. The van der Waals surface area contributed by atoms with Gasteiger partial charge in [-0.2, -0.15) is 0 Å². The Balaban J connectivity index is 1.11. The molecule has 0 spiro atoms. The molecule has 0 aliphatic carbocycles. The van der Waals surface area contributed by atoms with Crippen LogP contribution in [0.25, 0.3) is 11.1 Å². The second-order valence-corrected chi connectivity index (χ2v) is 11.1. The molecule has 3 N–H and O–H groups in total. The lowest BCUT2D eigenvalue weighted by atomic mass is 10.1. The number of amides is 3. The molecule has 1 saturated heterocycles. The second kappa shape index (κ2) is 14.9. The number of hydrogen-bond donors (Lipinski definition) is 3. The van der Waals surface area contributed by atoms with Gasteiger partial charge in [0.05, 0.1) is 23.8 Å². The van der Waals surface area contributed by atoms with E-state index in [0.717, 1.165) is 35.3 Å². The first-order chi connectivity index (χ1) is 21.8. The van der Waals surface area contributed by atoms with Gasteiger partial charge in [0.2, 0.25) is 17.7 Å². The maximum atomic E-state index is 12.7. The summed E-state index contributed by atoms with van der Waals surface area (Å²) < 4.78 is 0. The van der Waals surface area contributed by atoms with E-state index in [1.807, 2.05) is 84.6 Å². The molecular weight excluding hydrogens is 566 g/mol. The number of carbonyl (C=O) groups excluding carboxylic acids is 3. The van der Waals surface area contributed by atoms with E-state index in [9.17, 15) is 14.4 Å². The largest absolute Gasteiger partial charge is 0.339 e. The summed E-state index contributed by atoms with van der Waals surface area (Å²) in [5.41, 5.74) is 5.79. The molecule has 2 aromatic carbocycles. The molecule has 3 heterocycles. The maximum Gasteiger partial charge on any atom is 0.248 e. The third-order valence-corrected chi connectivity index (χ3v) is 7.22. The fourth-order valence-corrected chi connectivity index (χ4v) is 4.96. The Kier molecular flexibility index (Phi) is 10.3. The zero-order valence-corrected chi connectivity index (χ0v) is 25.5. The van der Waals surface area contributed by atoms with Gasteiger partial charge in [0.15, 0.2) is 0 Å². The molecule has 3 amide bonds. The van der Waals surface area contributed by atoms with Crippen molar-refractivity contribution in [3.8, 4) is 11.1 Å². The molecule has 0 atom stereocenters. The molecule has 4 aromatic rings. The van der Waals surface area contributed by atoms with Crippen molar-refractivity contribution < 1.29 is 14.4 Å². The lowest BCUT2D eigenvalue weighted by Gasteiger charge is -2.16.